The van der Waals surface area contributed by atoms with Gasteiger partial charge >= 0.3 is 6.03 Å². The molecular weight excluding hydrogens is 346 g/mol. The third-order valence-corrected chi connectivity index (χ3v) is 4.54. The van der Waals surface area contributed by atoms with Crippen LogP contribution in [0, 0.1) is 0 Å². The Labute approximate surface area is 157 Å². The molecule has 0 unspecified atom stereocenters. The Morgan fingerprint density at radius 2 is 1.96 bits per heavy atom. The zero-order valence-electron chi connectivity index (χ0n) is 15.2. The number of phenols is 1. The Kier molecular flexibility index (Phi) is 5.12. The van der Waals surface area contributed by atoms with E-state index in [1.165, 1.54) is 19.4 Å². The van der Waals surface area contributed by atoms with Gasteiger partial charge in [0.1, 0.15) is 17.0 Å². The van der Waals surface area contributed by atoms with E-state index in [2.05, 4.69) is 10.4 Å². The SMILES string of the molecule is COc1ccc(O)c(/C=N/N2C(=O)N[C@](C)(CCc3ccccc3)C2=O)c1. The predicted octanol–water partition coefficient (Wildman–Crippen LogP) is 2.68. The number of imide groups is 1. The van der Waals surface area contributed by atoms with E-state index in [-0.39, 0.29) is 5.75 Å². The number of benzene rings is 2. The van der Waals surface area contributed by atoms with Crippen molar-refractivity contribution >= 4 is 18.2 Å². The number of nitrogens with one attached hydrogen (secondary N) is 1. The molecule has 1 aliphatic heterocycles. The lowest BCUT2D eigenvalue weighted by Crippen LogP contribution is -2.44. The number of phenolic OH excluding ortho intramolecular Hbond substituents is 1. The summed E-state index contributed by atoms with van der Waals surface area (Å²) in [4.78, 5) is 25.0. The summed E-state index contributed by atoms with van der Waals surface area (Å²) in [5, 5.41) is 17.4. The van der Waals surface area contributed by atoms with Crippen LogP contribution in [0.15, 0.2) is 53.6 Å². The fourth-order valence-electron chi connectivity index (χ4n) is 2.86. The summed E-state index contributed by atoms with van der Waals surface area (Å²) < 4.78 is 5.10. The number of aryl methyl sites for hydroxylation is 1. The van der Waals surface area contributed by atoms with E-state index >= 15 is 0 Å². The summed E-state index contributed by atoms with van der Waals surface area (Å²) in [5.41, 5.74) is 0.401. The van der Waals surface area contributed by atoms with Gasteiger partial charge < -0.3 is 15.2 Å². The Bertz CT molecular complexity index is 882. The maximum atomic E-state index is 12.7. The first-order chi connectivity index (χ1) is 12.9. The third kappa shape index (κ3) is 3.92. The Balaban J connectivity index is 1.74. The van der Waals surface area contributed by atoms with Gasteiger partial charge in [-0.15, -0.1) is 5.01 Å². The van der Waals surface area contributed by atoms with Crippen LogP contribution in [0.4, 0.5) is 4.79 Å². The van der Waals surface area contributed by atoms with E-state index in [0.717, 1.165) is 10.6 Å². The van der Waals surface area contributed by atoms with Crippen molar-refractivity contribution < 1.29 is 19.4 Å². The van der Waals surface area contributed by atoms with Gasteiger partial charge in [0.15, 0.2) is 0 Å². The van der Waals surface area contributed by atoms with Gasteiger partial charge in [0.25, 0.3) is 5.91 Å². The molecule has 0 spiro atoms. The van der Waals surface area contributed by atoms with E-state index in [4.69, 9.17) is 4.74 Å². The summed E-state index contributed by atoms with van der Waals surface area (Å²) in [7, 11) is 1.50. The minimum Gasteiger partial charge on any atom is -0.507 e. The van der Waals surface area contributed by atoms with E-state index in [1.807, 2.05) is 30.3 Å². The summed E-state index contributed by atoms with van der Waals surface area (Å²) in [5.74, 6) is 0.0691. The van der Waals surface area contributed by atoms with Crippen molar-refractivity contribution in [1.82, 2.24) is 10.3 Å². The van der Waals surface area contributed by atoms with E-state index in [1.54, 1.807) is 19.1 Å². The fourth-order valence-corrected chi connectivity index (χ4v) is 2.86. The number of amides is 3. The van der Waals surface area contributed by atoms with Crippen molar-refractivity contribution in [2.24, 2.45) is 5.10 Å². The molecule has 2 aromatic carbocycles. The molecule has 1 fully saturated rings. The van der Waals surface area contributed by atoms with E-state index < -0.39 is 17.5 Å². The largest absolute Gasteiger partial charge is 0.507 e. The van der Waals surface area contributed by atoms with Crippen molar-refractivity contribution in [3.63, 3.8) is 0 Å². The van der Waals surface area contributed by atoms with Gasteiger partial charge in [-0.05, 0) is 43.5 Å². The summed E-state index contributed by atoms with van der Waals surface area (Å²) >= 11 is 0. The van der Waals surface area contributed by atoms with Crippen LogP contribution in [0.3, 0.4) is 0 Å². The molecular formula is C20H21N3O4. The molecule has 2 aromatic rings. The first-order valence-corrected chi connectivity index (χ1v) is 8.54. The van der Waals surface area contributed by atoms with Crippen LogP contribution in [0.1, 0.15) is 24.5 Å². The van der Waals surface area contributed by atoms with Crippen LogP contribution in [0.25, 0.3) is 0 Å². The highest BCUT2D eigenvalue weighted by Gasteiger charge is 2.47. The molecule has 1 heterocycles. The monoisotopic (exact) mass is 367 g/mol. The molecule has 0 radical (unpaired) electrons. The molecule has 140 valence electrons. The maximum absolute atomic E-state index is 12.7. The van der Waals surface area contributed by atoms with Gasteiger partial charge in [-0.2, -0.15) is 5.10 Å². The molecule has 27 heavy (non-hydrogen) atoms. The molecule has 0 saturated carbocycles. The number of ether oxygens (including phenoxy) is 1. The second-order valence-electron chi connectivity index (χ2n) is 6.53. The summed E-state index contributed by atoms with van der Waals surface area (Å²) in [6, 6.07) is 13.8. The molecule has 0 aliphatic carbocycles. The Morgan fingerprint density at radius 3 is 2.67 bits per heavy atom. The van der Waals surface area contributed by atoms with E-state index in [9.17, 15) is 14.7 Å². The van der Waals surface area contributed by atoms with Gasteiger partial charge in [0.05, 0.1) is 13.3 Å². The number of carbonyl (C=O) groups excluding carboxylic acids is 2. The quantitative estimate of drug-likeness (QED) is 0.607. The zero-order valence-corrected chi connectivity index (χ0v) is 15.2. The van der Waals surface area contributed by atoms with Gasteiger partial charge in [0.2, 0.25) is 0 Å². The van der Waals surface area contributed by atoms with Crippen LogP contribution in [0.5, 0.6) is 11.5 Å². The van der Waals surface area contributed by atoms with Crippen molar-refractivity contribution in [1.29, 1.82) is 0 Å². The van der Waals surface area contributed by atoms with E-state index in [0.29, 0.717) is 24.2 Å². The van der Waals surface area contributed by atoms with Crippen LogP contribution in [-0.2, 0) is 11.2 Å². The fraction of sp³-hybridized carbons (Fsp3) is 0.250. The summed E-state index contributed by atoms with van der Waals surface area (Å²) in [6.07, 6.45) is 2.37. The molecule has 7 nitrogen and oxygen atoms in total. The molecule has 2 N–H and O–H groups in total. The number of urea groups is 1. The number of carbonyl (C=O) groups is 2. The number of hydrogen-bond donors (Lipinski definition) is 2. The van der Waals surface area contributed by atoms with Crippen molar-refractivity contribution in [2.45, 2.75) is 25.3 Å². The van der Waals surface area contributed by atoms with Crippen LogP contribution in [-0.4, -0.2) is 40.9 Å². The predicted molar refractivity (Wildman–Crippen MR) is 101 cm³/mol. The molecule has 3 rings (SSSR count). The lowest BCUT2D eigenvalue weighted by atomic mass is 9.93. The standard InChI is InChI=1S/C20H21N3O4/c1-20(11-10-14-6-4-3-5-7-14)18(25)23(19(26)22-20)21-13-15-12-16(27-2)8-9-17(15)24/h3-9,12-13,24H,10-11H2,1-2H3,(H,22,26)/b21-13+/t20-/m1/s1. The topological polar surface area (TPSA) is 91.2 Å². The second kappa shape index (κ2) is 7.49. The van der Waals surface area contributed by atoms with Crippen LogP contribution >= 0.6 is 0 Å². The second-order valence-corrected chi connectivity index (χ2v) is 6.53. The average Bonchev–Trinajstić information content (AvgIpc) is 2.89. The lowest BCUT2D eigenvalue weighted by molar-refractivity contribution is -0.130. The minimum absolute atomic E-state index is 0.0292. The van der Waals surface area contributed by atoms with Gasteiger partial charge in [-0.25, -0.2) is 4.79 Å². The highest BCUT2D eigenvalue weighted by atomic mass is 16.5. The lowest BCUT2D eigenvalue weighted by Gasteiger charge is -2.20. The van der Waals surface area contributed by atoms with Gasteiger partial charge in [-0.1, -0.05) is 30.3 Å². The average molecular weight is 367 g/mol. The highest BCUT2D eigenvalue weighted by molar-refractivity contribution is 6.07. The number of hydrogen-bond acceptors (Lipinski definition) is 5. The molecule has 3 amide bonds. The van der Waals surface area contributed by atoms with Gasteiger partial charge in [0, 0.05) is 5.56 Å². The highest BCUT2D eigenvalue weighted by Crippen LogP contribution is 2.25. The number of hydrazone groups is 1. The van der Waals surface area contributed by atoms with Crippen LogP contribution < -0.4 is 10.1 Å². The molecule has 0 aromatic heterocycles. The molecule has 0 bridgehead atoms. The summed E-state index contributed by atoms with van der Waals surface area (Å²) in [6.45, 7) is 1.69. The number of nitrogens with zero attached hydrogens (tertiary/aromatic N) is 2. The maximum Gasteiger partial charge on any atom is 0.346 e. The van der Waals surface area contributed by atoms with Gasteiger partial charge in [-0.3, -0.25) is 4.79 Å². The number of methoxy groups -OCH3 is 1. The van der Waals surface area contributed by atoms with Crippen molar-refractivity contribution in [2.75, 3.05) is 7.11 Å². The van der Waals surface area contributed by atoms with Crippen molar-refractivity contribution in [3.8, 4) is 11.5 Å². The first kappa shape index (κ1) is 18.4. The first-order valence-electron chi connectivity index (χ1n) is 8.54. The number of aromatic hydroxyl groups is 1. The minimum atomic E-state index is -1.03. The van der Waals surface area contributed by atoms with Crippen LogP contribution in [0.2, 0.25) is 0 Å². The smallest absolute Gasteiger partial charge is 0.346 e. The Hall–Kier alpha value is -3.35. The van der Waals surface area contributed by atoms with Crippen molar-refractivity contribution in [3.05, 3.63) is 59.7 Å². The molecule has 1 aliphatic rings. The number of rotatable bonds is 6. The molecule has 1 atom stereocenters. The third-order valence-electron chi connectivity index (χ3n) is 4.54. The molecule has 7 heteroatoms. The molecule has 1 saturated heterocycles. The normalized spacial score (nSPS) is 19.6. The zero-order chi connectivity index (χ0) is 19.4. The Morgan fingerprint density at radius 1 is 1.22 bits per heavy atom.